The maximum atomic E-state index is 2.46. The van der Waals surface area contributed by atoms with Crippen LogP contribution in [0.2, 0.25) is 0 Å². The average molecular weight is 213 g/mol. The Labute approximate surface area is 98.1 Å². The summed E-state index contributed by atoms with van der Waals surface area (Å²) in [6.45, 7) is 4.46. The van der Waals surface area contributed by atoms with Crippen molar-refractivity contribution >= 4 is 11.8 Å². The Hall–Kier alpha value is -1.50. The highest BCUT2D eigenvalue weighted by molar-refractivity contribution is 5.57. The molecule has 1 heterocycles. The molecule has 16 heavy (non-hydrogen) atoms. The Morgan fingerprint density at radius 1 is 1.00 bits per heavy atom. The van der Waals surface area contributed by atoms with Crippen LogP contribution < -0.4 is 4.90 Å². The van der Waals surface area contributed by atoms with Crippen molar-refractivity contribution in [3.63, 3.8) is 0 Å². The second kappa shape index (κ2) is 5.55. The Morgan fingerprint density at radius 3 is 2.31 bits per heavy atom. The largest absolute Gasteiger partial charge is 0.372 e. The smallest absolute Gasteiger partial charge is 0.0366 e. The molecule has 1 aromatic carbocycles. The van der Waals surface area contributed by atoms with Crippen LogP contribution >= 0.6 is 0 Å². The van der Waals surface area contributed by atoms with Gasteiger partial charge in [-0.2, -0.15) is 0 Å². The summed E-state index contributed by atoms with van der Waals surface area (Å²) in [5.74, 6) is 0. The van der Waals surface area contributed by atoms with Gasteiger partial charge in [-0.15, -0.1) is 0 Å². The summed E-state index contributed by atoms with van der Waals surface area (Å²) >= 11 is 0. The molecule has 0 bridgehead atoms. The maximum absolute atomic E-state index is 2.46. The summed E-state index contributed by atoms with van der Waals surface area (Å²) in [7, 11) is 0. The predicted molar refractivity (Wildman–Crippen MR) is 71.7 cm³/mol. The lowest BCUT2D eigenvalue weighted by Crippen LogP contribution is -2.17. The van der Waals surface area contributed by atoms with Crippen LogP contribution in [0.3, 0.4) is 0 Å². The van der Waals surface area contributed by atoms with E-state index in [1.165, 1.54) is 37.2 Å². The Morgan fingerprint density at radius 2 is 1.69 bits per heavy atom. The van der Waals surface area contributed by atoms with Crippen LogP contribution in [0.5, 0.6) is 0 Å². The molecule has 1 aliphatic heterocycles. The van der Waals surface area contributed by atoms with Gasteiger partial charge in [0.25, 0.3) is 0 Å². The highest BCUT2D eigenvalue weighted by Crippen LogP contribution is 2.20. The van der Waals surface area contributed by atoms with Gasteiger partial charge in [0.05, 0.1) is 0 Å². The van der Waals surface area contributed by atoms with Gasteiger partial charge in [0, 0.05) is 18.8 Å². The lowest BCUT2D eigenvalue weighted by molar-refractivity contribution is 0.949. The van der Waals surface area contributed by atoms with Gasteiger partial charge in [0.2, 0.25) is 0 Å². The summed E-state index contributed by atoms with van der Waals surface area (Å²) in [4.78, 5) is 2.46. The first kappa shape index (κ1) is 11.0. The molecule has 0 N–H and O–H groups in total. The normalized spacial score (nSPS) is 16.7. The molecule has 1 fully saturated rings. The summed E-state index contributed by atoms with van der Waals surface area (Å²) in [5.41, 5.74) is 2.63. The molecule has 1 heteroatoms. The highest BCUT2D eigenvalue weighted by Gasteiger charge is 2.11. The molecular weight excluding hydrogens is 194 g/mol. The molecule has 2 rings (SSSR count). The third kappa shape index (κ3) is 2.75. The minimum Gasteiger partial charge on any atom is -0.372 e. The molecule has 0 atom stereocenters. The second-order valence-corrected chi connectivity index (χ2v) is 4.17. The van der Waals surface area contributed by atoms with Gasteiger partial charge >= 0.3 is 0 Å². The number of nitrogens with zero attached hydrogens (tertiary/aromatic N) is 1. The third-order valence-electron chi connectivity index (χ3n) is 2.96. The van der Waals surface area contributed by atoms with E-state index in [9.17, 15) is 0 Å². The fourth-order valence-corrected chi connectivity index (χ4v) is 2.05. The fraction of sp³-hybridized carbons (Fsp3) is 0.333. The molecule has 0 spiro atoms. The SMILES string of the molecule is CC=CC=Cc1ccc(N2CCCC2)cc1. The van der Waals surface area contributed by atoms with Crippen LogP contribution in [0, 0.1) is 0 Å². The van der Waals surface area contributed by atoms with Gasteiger partial charge in [0.15, 0.2) is 0 Å². The topological polar surface area (TPSA) is 3.24 Å². The Bertz CT molecular complexity index is 367. The zero-order valence-electron chi connectivity index (χ0n) is 9.89. The minimum atomic E-state index is 1.22. The molecule has 1 aliphatic rings. The van der Waals surface area contributed by atoms with Crippen LogP contribution in [0.15, 0.2) is 42.5 Å². The molecule has 0 unspecified atom stereocenters. The summed E-state index contributed by atoms with van der Waals surface area (Å²) < 4.78 is 0. The van der Waals surface area contributed by atoms with Crippen molar-refractivity contribution in [2.45, 2.75) is 19.8 Å². The van der Waals surface area contributed by atoms with E-state index in [-0.39, 0.29) is 0 Å². The number of anilines is 1. The van der Waals surface area contributed by atoms with Crippen LogP contribution in [0.1, 0.15) is 25.3 Å². The summed E-state index contributed by atoms with van der Waals surface area (Å²) in [5, 5.41) is 0. The first-order valence-corrected chi connectivity index (χ1v) is 6.04. The number of rotatable bonds is 3. The first-order valence-electron chi connectivity index (χ1n) is 6.04. The van der Waals surface area contributed by atoms with Gasteiger partial charge in [0.1, 0.15) is 0 Å². The monoisotopic (exact) mass is 213 g/mol. The number of hydrogen-bond donors (Lipinski definition) is 0. The minimum absolute atomic E-state index is 1.22. The summed E-state index contributed by atoms with van der Waals surface area (Å²) in [6, 6.07) is 8.82. The van der Waals surface area contributed by atoms with Crippen LogP contribution in [-0.2, 0) is 0 Å². The van der Waals surface area contributed by atoms with E-state index in [4.69, 9.17) is 0 Å². The maximum Gasteiger partial charge on any atom is 0.0366 e. The molecule has 1 aromatic rings. The highest BCUT2D eigenvalue weighted by atomic mass is 15.1. The van der Waals surface area contributed by atoms with Crippen molar-refractivity contribution in [3.05, 3.63) is 48.1 Å². The van der Waals surface area contributed by atoms with Crippen molar-refractivity contribution in [2.24, 2.45) is 0 Å². The van der Waals surface area contributed by atoms with E-state index in [0.717, 1.165) is 0 Å². The molecule has 84 valence electrons. The van der Waals surface area contributed by atoms with E-state index >= 15 is 0 Å². The molecule has 0 aromatic heterocycles. The van der Waals surface area contributed by atoms with E-state index in [1.54, 1.807) is 0 Å². The fourth-order valence-electron chi connectivity index (χ4n) is 2.05. The molecular formula is C15H19N. The molecule has 0 saturated carbocycles. The molecule has 0 amide bonds. The van der Waals surface area contributed by atoms with Crippen molar-refractivity contribution in [1.82, 2.24) is 0 Å². The first-order chi connectivity index (χ1) is 7.90. The average Bonchev–Trinajstić information content (AvgIpc) is 2.84. The van der Waals surface area contributed by atoms with Crippen molar-refractivity contribution in [3.8, 4) is 0 Å². The van der Waals surface area contributed by atoms with Crippen LogP contribution in [0.25, 0.3) is 6.08 Å². The molecule has 1 saturated heterocycles. The molecule has 0 radical (unpaired) electrons. The van der Waals surface area contributed by atoms with Crippen LogP contribution in [-0.4, -0.2) is 13.1 Å². The van der Waals surface area contributed by atoms with E-state index < -0.39 is 0 Å². The number of allylic oxidation sites excluding steroid dienone is 3. The molecule has 1 nitrogen and oxygen atoms in total. The van der Waals surface area contributed by atoms with Gasteiger partial charge in [-0.05, 0) is 37.5 Å². The van der Waals surface area contributed by atoms with E-state index in [1.807, 2.05) is 19.1 Å². The van der Waals surface area contributed by atoms with Crippen molar-refractivity contribution in [1.29, 1.82) is 0 Å². The van der Waals surface area contributed by atoms with Crippen molar-refractivity contribution < 1.29 is 0 Å². The number of benzene rings is 1. The van der Waals surface area contributed by atoms with Crippen LogP contribution in [0.4, 0.5) is 5.69 Å². The Balaban J connectivity index is 2.03. The van der Waals surface area contributed by atoms with Gasteiger partial charge in [-0.1, -0.05) is 36.4 Å². The van der Waals surface area contributed by atoms with E-state index in [0.29, 0.717) is 0 Å². The second-order valence-electron chi connectivity index (χ2n) is 4.17. The zero-order valence-corrected chi connectivity index (χ0v) is 9.89. The number of hydrogen-bond acceptors (Lipinski definition) is 1. The van der Waals surface area contributed by atoms with E-state index in [2.05, 4.69) is 41.3 Å². The van der Waals surface area contributed by atoms with Gasteiger partial charge in [-0.25, -0.2) is 0 Å². The zero-order chi connectivity index (χ0) is 11.2. The van der Waals surface area contributed by atoms with Gasteiger partial charge < -0.3 is 4.90 Å². The lowest BCUT2D eigenvalue weighted by Gasteiger charge is -2.17. The third-order valence-corrected chi connectivity index (χ3v) is 2.96. The predicted octanol–water partition coefficient (Wildman–Crippen LogP) is 3.88. The standard InChI is InChI=1S/C15H19N/c1-2-3-4-7-14-8-10-15(11-9-14)16-12-5-6-13-16/h2-4,7-11H,5-6,12-13H2,1H3. The lowest BCUT2D eigenvalue weighted by atomic mass is 10.2. The molecule has 0 aliphatic carbocycles. The van der Waals surface area contributed by atoms with Gasteiger partial charge in [-0.3, -0.25) is 0 Å². The Kier molecular flexibility index (Phi) is 3.81. The quantitative estimate of drug-likeness (QED) is 0.689. The summed E-state index contributed by atoms with van der Waals surface area (Å²) in [6.07, 6.45) is 11.0. The van der Waals surface area contributed by atoms with Crippen molar-refractivity contribution in [2.75, 3.05) is 18.0 Å².